The Kier molecular flexibility index (Phi) is 6.61. The van der Waals surface area contributed by atoms with Crippen LogP contribution in [-0.2, 0) is 12.7 Å². The zero-order chi connectivity index (χ0) is 22.7. The van der Waals surface area contributed by atoms with Gasteiger partial charge in [-0.15, -0.1) is 11.3 Å². The minimum Gasteiger partial charge on any atom is -0.298 e. The van der Waals surface area contributed by atoms with Crippen molar-refractivity contribution in [3.8, 4) is 5.69 Å². The molecule has 1 saturated heterocycles. The molecule has 0 atom stereocenters. The van der Waals surface area contributed by atoms with Crippen molar-refractivity contribution in [3.05, 3.63) is 58.4 Å². The molecule has 1 aliphatic rings. The highest BCUT2D eigenvalue weighted by atomic mass is 32.1. The molecule has 0 aliphatic carbocycles. The molecule has 32 heavy (non-hydrogen) atoms. The van der Waals surface area contributed by atoms with Crippen LogP contribution in [-0.4, -0.2) is 38.7 Å². The van der Waals surface area contributed by atoms with Gasteiger partial charge in [0, 0.05) is 11.9 Å². The number of aryl methyl sites for hydroxylation is 1. The Balaban J connectivity index is 1.52. The Bertz CT molecular complexity index is 1070. The molecule has 2 aromatic heterocycles. The summed E-state index contributed by atoms with van der Waals surface area (Å²) in [5.74, 6) is -0.883. The summed E-state index contributed by atoms with van der Waals surface area (Å²) in [4.78, 5) is 19.4. The highest BCUT2D eigenvalue weighted by Crippen LogP contribution is 2.34. The molecule has 0 saturated carbocycles. The number of carbonyl (C=O) groups is 1. The molecule has 170 valence electrons. The largest absolute Gasteiger partial charge is 0.434 e. The minimum absolute atomic E-state index is 0.232. The third kappa shape index (κ3) is 5.18. The second-order valence-electron chi connectivity index (χ2n) is 7.94. The average molecular weight is 464 g/mol. The van der Waals surface area contributed by atoms with Crippen molar-refractivity contribution in [2.75, 3.05) is 18.4 Å². The lowest BCUT2D eigenvalue weighted by atomic mass is 10.2. The number of halogens is 3. The fraction of sp³-hybridized carbons (Fsp3) is 0.409. The van der Waals surface area contributed by atoms with Crippen LogP contribution in [0.1, 0.15) is 53.0 Å². The van der Waals surface area contributed by atoms with Gasteiger partial charge in [0.25, 0.3) is 5.91 Å². The summed E-state index contributed by atoms with van der Waals surface area (Å²) in [6.07, 6.45) is 0.954. The number of likely N-dealkylation sites (tertiary alicyclic amines) is 1. The second kappa shape index (κ2) is 9.41. The average Bonchev–Trinajstić information content (AvgIpc) is 3.30. The summed E-state index contributed by atoms with van der Waals surface area (Å²) < 4.78 is 42.3. The van der Waals surface area contributed by atoms with Crippen LogP contribution < -0.4 is 5.32 Å². The van der Waals surface area contributed by atoms with Crippen LogP contribution in [0.2, 0.25) is 0 Å². The molecule has 1 amide bonds. The first-order chi connectivity index (χ1) is 15.3. The highest BCUT2D eigenvalue weighted by molar-refractivity contribution is 7.14. The van der Waals surface area contributed by atoms with E-state index >= 15 is 0 Å². The van der Waals surface area contributed by atoms with Gasteiger partial charge in [-0.25, -0.2) is 9.67 Å². The summed E-state index contributed by atoms with van der Waals surface area (Å²) in [5, 5.41) is 8.47. The number of aromatic nitrogens is 3. The molecule has 1 aliphatic heterocycles. The lowest BCUT2D eigenvalue weighted by Gasteiger charge is -2.17. The number of anilines is 1. The number of hydrogen-bond acceptors (Lipinski definition) is 5. The Hall–Kier alpha value is -2.72. The Morgan fingerprint density at radius 3 is 2.47 bits per heavy atom. The molecular weight excluding hydrogens is 439 g/mol. The summed E-state index contributed by atoms with van der Waals surface area (Å²) >= 11 is 1.21. The molecule has 1 fully saturated rings. The fourth-order valence-electron chi connectivity index (χ4n) is 3.79. The zero-order valence-electron chi connectivity index (χ0n) is 17.7. The topological polar surface area (TPSA) is 63.1 Å². The predicted molar refractivity (Wildman–Crippen MR) is 117 cm³/mol. The van der Waals surface area contributed by atoms with Crippen molar-refractivity contribution in [1.29, 1.82) is 0 Å². The van der Waals surface area contributed by atoms with Gasteiger partial charge in [0.1, 0.15) is 0 Å². The van der Waals surface area contributed by atoms with Gasteiger partial charge in [-0.2, -0.15) is 18.3 Å². The number of nitrogens with zero attached hydrogens (tertiary/aromatic N) is 4. The van der Waals surface area contributed by atoms with E-state index in [1.54, 1.807) is 12.1 Å². The third-order valence-electron chi connectivity index (χ3n) is 5.42. The van der Waals surface area contributed by atoms with Crippen molar-refractivity contribution in [3.63, 3.8) is 0 Å². The molecular formula is C22H24F3N5OS. The minimum atomic E-state index is -4.76. The molecule has 6 nitrogen and oxygen atoms in total. The van der Waals surface area contributed by atoms with E-state index in [1.165, 1.54) is 36.3 Å². The van der Waals surface area contributed by atoms with E-state index in [0.717, 1.165) is 48.1 Å². The number of hydrogen-bond donors (Lipinski definition) is 1. The quantitative estimate of drug-likeness (QED) is 0.559. The maximum atomic E-state index is 13.8. The van der Waals surface area contributed by atoms with E-state index in [-0.39, 0.29) is 10.8 Å². The first-order valence-corrected chi connectivity index (χ1v) is 11.4. The van der Waals surface area contributed by atoms with E-state index in [2.05, 4.69) is 20.3 Å². The molecule has 3 heterocycles. The van der Waals surface area contributed by atoms with Crippen LogP contribution in [0, 0.1) is 6.92 Å². The first-order valence-electron chi connectivity index (χ1n) is 10.5. The van der Waals surface area contributed by atoms with Gasteiger partial charge in [-0.05, 0) is 45.0 Å². The molecule has 3 aromatic rings. The highest BCUT2D eigenvalue weighted by Gasteiger charge is 2.40. The first kappa shape index (κ1) is 22.5. The number of thiazole rings is 1. The van der Waals surface area contributed by atoms with Crippen LogP contribution in [0.25, 0.3) is 5.69 Å². The molecule has 0 unspecified atom stereocenters. The van der Waals surface area contributed by atoms with E-state index in [1.807, 2.05) is 12.3 Å². The number of carbonyl (C=O) groups excluding carboxylic acids is 1. The summed E-state index contributed by atoms with van der Waals surface area (Å²) in [5.41, 5.74) is 0.296. The lowest BCUT2D eigenvalue weighted by Crippen LogP contribution is -2.24. The molecule has 1 aromatic carbocycles. The van der Waals surface area contributed by atoms with E-state index in [0.29, 0.717) is 6.54 Å². The van der Waals surface area contributed by atoms with Gasteiger partial charge >= 0.3 is 6.18 Å². The van der Waals surface area contributed by atoms with E-state index in [9.17, 15) is 18.0 Å². The van der Waals surface area contributed by atoms with Gasteiger partial charge in [0.15, 0.2) is 10.8 Å². The number of nitrogens with one attached hydrogen (secondary N) is 1. The number of amides is 1. The summed E-state index contributed by atoms with van der Waals surface area (Å²) in [6, 6.07) is 6.46. The Morgan fingerprint density at radius 2 is 1.81 bits per heavy atom. The van der Waals surface area contributed by atoms with Gasteiger partial charge in [0.2, 0.25) is 0 Å². The molecule has 0 spiro atoms. The Labute approximate surface area is 188 Å². The van der Waals surface area contributed by atoms with Gasteiger partial charge in [-0.1, -0.05) is 30.5 Å². The van der Waals surface area contributed by atoms with Crippen molar-refractivity contribution < 1.29 is 18.0 Å². The standard InChI is InChI=1S/C22H24F3N5OS/c1-15-6-8-17(9-7-15)30-19(22(23,24)25)18(12-26-30)20(31)28-21-27-16(14-32-21)13-29-10-4-2-3-5-11-29/h6-9,12,14H,2-5,10-11,13H2,1H3,(H,27,28,31). The molecule has 0 bridgehead atoms. The van der Waals surface area contributed by atoms with Crippen LogP contribution in [0.4, 0.5) is 18.3 Å². The summed E-state index contributed by atoms with van der Waals surface area (Å²) in [7, 11) is 0. The van der Waals surface area contributed by atoms with Crippen LogP contribution in [0.5, 0.6) is 0 Å². The van der Waals surface area contributed by atoms with Gasteiger partial charge < -0.3 is 0 Å². The van der Waals surface area contributed by atoms with Crippen molar-refractivity contribution in [2.24, 2.45) is 0 Å². The van der Waals surface area contributed by atoms with Crippen molar-refractivity contribution in [1.82, 2.24) is 19.7 Å². The maximum Gasteiger partial charge on any atom is 0.434 e. The molecule has 1 N–H and O–H groups in total. The van der Waals surface area contributed by atoms with Crippen molar-refractivity contribution >= 4 is 22.4 Å². The maximum absolute atomic E-state index is 13.8. The fourth-order valence-corrected chi connectivity index (χ4v) is 4.49. The smallest absolute Gasteiger partial charge is 0.298 e. The van der Waals surface area contributed by atoms with E-state index in [4.69, 9.17) is 0 Å². The van der Waals surface area contributed by atoms with E-state index < -0.39 is 23.3 Å². The Morgan fingerprint density at radius 1 is 1.12 bits per heavy atom. The van der Waals surface area contributed by atoms with Gasteiger partial charge in [-0.3, -0.25) is 15.0 Å². The van der Waals surface area contributed by atoms with Gasteiger partial charge in [0.05, 0.1) is 23.1 Å². The van der Waals surface area contributed by atoms with Crippen molar-refractivity contribution in [2.45, 2.75) is 45.3 Å². The normalized spacial score (nSPS) is 15.5. The SMILES string of the molecule is Cc1ccc(-n2ncc(C(=O)Nc3nc(CN4CCCCCC4)cs3)c2C(F)(F)F)cc1. The number of rotatable bonds is 5. The van der Waals surface area contributed by atoms with Crippen LogP contribution >= 0.6 is 11.3 Å². The second-order valence-corrected chi connectivity index (χ2v) is 8.80. The summed E-state index contributed by atoms with van der Waals surface area (Å²) in [6.45, 7) is 4.52. The predicted octanol–water partition coefficient (Wildman–Crippen LogP) is 5.28. The lowest BCUT2D eigenvalue weighted by molar-refractivity contribution is -0.143. The van der Waals surface area contributed by atoms with Crippen LogP contribution in [0.15, 0.2) is 35.8 Å². The van der Waals surface area contributed by atoms with Crippen LogP contribution in [0.3, 0.4) is 0 Å². The molecule has 10 heteroatoms. The number of benzene rings is 1. The number of alkyl halides is 3. The monoisotopic (exact) mass is 463 g/mol. The molecule has 4 rings (SSSR count). The third-order valence-corrected chi connectivity index (χ3v) is 6.22. The zero-order valence-corrected chi connectivity index (χ0v) is 18.5. The molecule has 0 radical (unpaired) electrons.